The van der Waals surface area contributed by atoms with Crippen LogP contribution in [-0.2, 0) is 4.79 Å². The van der Waals surface area contributed by atoms with E-state index in [2.05, 4.69) is 9.98 Å². The van der Waals surface area contributed by atoms with Crippen molar-refractivity contribution in [3.05, 3.63) is 46.3 Å². The molecule has 2 aromatic rings. The van der Waals surface area contributed by atoms with Crippen molar-refractivity contribution >= 4 is 45.4 Å². The molecule has 1 aromatic heterocycles. The fourth-order valence-corrected chi connectivity index (χ4v) is 3.45. The zero-order chi connectivity index (χ0) is 15.5. The Morgan fingerprint density at radius 3 is 2.91 bits per heavy atom. The summed E-state index contributed by atoms with van der Waals surface area (Å²) in [5.41, 5.74) is 0.866. The predicted molar refractivity (Wildman–Crippen MR) is 90.5 cm³/mol. The molecule has 3 rings (SSSR count). The molecule has 1 fully saturated rings. The number of thioether (sulfide) groups is 1. The summed E-state index contributed by atoms with van der Waals surface area (Å²) in [6, 6.07) is 7.58. The fraction of sp³-hybridized carbons (Fsp3) is 0.133. The van der Waals surface area contributed by atoms with E-state index in [1.807, 2.05) is 35.7 Å². The summed E-state index contributed by atoms with van der Waals surface area (Å²) in [5.74, 6) is 0.655. The molecule has 5 nitrogen and oxygen atoms in total. The summed E-state index contributed by atoms with van der Waals surface area (Å²) in [6.07, 6.45) is 3.52. The summed E-state index contributed by atoms with van der Waals surface area (Å²) in [6.45, 7) is 0. The number of amidine groups is 1. The number of carbonyl (C=O) groups is 1. The minimum absolute atomic E-state index is 0.0776. The van der Waals surface area contributed by atoms with Gasteiger partial charge < -0.3 is 4.74 Å². The minimum atomic E-state index is -0.0776. The Balaban J connectivity index is 1.93. The number of amides is 1. The van der Waals surface area contributed by atoms with Crippen LogP contribution in [0, 0.1) is 0 Å². The van der Waals surface area contributed by atoms with Gasteiger partial charge in [0.15, 0.2) is 5.17 Å². The van der Waals surface area contributed by atoms with E-state index in [1.54, 1.807) is 20.4 Å². The lowest BCUT2D eigenvalue weighted by molar-refractivity contribution is -0.121. The molecule has 0 spiro atoms. The second-order valence-corrected chi connectivity index (χ2v) is 6.31. The van der Waals surface area contributed by atoms with Crippen molar-refractivity contribution in [2.45, 2.75) is 0 Å². The topological polar surface area (TPSA) is 54.8 Å². The Kier molecular flexibility index (Phi) is 4.26. The van der Waals surface area contributed by atoms with Crippen LogP contribution in [0.1, 0.15) is 5.56 Å². The molecule has 112 valence electrons. The van der Waals surface area contributed by atoms with Crippen molar-refractivity contribution in [2.24, 2.45) is 4.99 Å². The number of thiazole rings is 1. The van der Waals surface area contributed by atoms with Crippen LogP contribution < -0.4 is 4.74 Å². The van der Waals surface area contributed by atoms with Crippen LogP contribution in [0.3, 0.4) is 0 Å². The second-order valence-electron chi connectivity index (χ2n) is 4.43. The molecule has 1 saturated heterocycles. The van der Waals surface area contributed by atoms with Gasteiger partial charge in [-0.15, -0.1) is 11.3 Å². The zero-order valence-corrected chi connectivity index (χ0v) is 13.6. The molecule has 0 atom stereocenters. The maximum absolute atomic E-state index is 12.3. The number of nitrogens with zero attached hydrogens (tertiary/aromatic N) is 3. The van der Waals surface area contributed by atoms with Gasteiger partial charge in [0.25, 0.3) is 5.91 Å². The number of carbonyl (C=O) groups excluding carboxylic acids is 1. The lowest BCUT2D eigenvalue weighted by Crippen LogP contribution is -2.23. The van der Waals surface area contributed by atoms with E-state index in [0.29, 0.717) is 15.2 Å². The largest absolute Gasteiger partial charge is 0.496 e. The van der Waals surface area contributed by atoms with E-state index < -0.39 is 0 Å². The van der Waals surface area contributed by atoms with Crippen LogP contribution in [0.15, 0.2) is 45.7 Å². The van der Waals surface area contributed by atoms with Crippen molar-refractivity contribution in [2.75, 3.05) is 14.2 Å². The predicted octanol–water partition coefficient (Wildman–Crippen LogP) is 3.39. The molecule has 1 aliphatic rings. The van der Waals surface area contributed by atoms with Crippen LogP contribution in [0.2, 0.25) is 0 Å². The van der Waals surface area contributed by atoms with E-state index >= 15 is 0 Å². The molecular weight excluding hydrogens is 318 g/mol. The van der Waals surface area contributed by atoms with Gasteiger partial charge in [-0.05, 0) is 23.9 Å². The number of ether oxygens (including phenoxy) is 1. The number of rotatable bonds is 3. The highest BCUT2D eigenvalue weighted by Crippen LogP contribution is 2.34. The van der Waals surface area contributed by atoms with E-state index in [-0.39, 0.29) is 5.91 Å². The normalized spacial score (nSPS) is 18.5. The molecule has 0 saturated carbocycles. The van der Waals surface area contributed by atoms with Gasteiger partial charge in [0.2, 0.25) is 5.13 Å². The Bertz CT molecular complexity index is 754. The molecule has 1 aromatic carbocycles. The maximum Gasteiger partial charge on any atom is 0.266 e. The third kappa shape index (κ3) is 2.90. The van der Waals surface area contributed by atoms with Crippen molar-refractivity contribution in [3.63, 3.8) is 0 Å². The average Bonchev–Trinajstić information content (AvgIpc) is 3.13. The second kappa shape index (κ2) is 6.33. The molecule has 0 bridgehead atoms. The number of methoxy groups -OCH3 is 1. The molecule has 0 unspecified atom stereocenters. The van der Waals surface area contributed by atoms with Crippen molar-refractivity contribution in [1.29, 1.82) is 0 Å². The van der Waals surface area contributed by atoms with Gasteiger partial charge in [-0.2, -0.15) is 4.99 Å². The van der Waals surface area contributed by atoms with Gasteiger partial charge in [-0.3, -0.25) is 9.69 Å². The van der Waals surface area contributed by atoms with Crippen LogP contribution in [0.4, 0.5) is 5.13 Å². The van der Waals surface area contributed by atoms with Crippen LogP contribution in [0.5, 0.6) is 5.75 Å². The summed E-state index contributed by atoms with van der Waals surface area (Å²) in [5, 5.41) is 3.12. The molecule has 0 aliphatic carbocycles. The Morgan fingerprint density at radius 1 is 1.36 bits per heavy atom. The van der Waals surface area contributed by atoms with E-state index in [4.69, 9.17) is 4.74 Å². The first-order valence-corrected chi connectivity index (χ1v) is 8.17. The molecular formula is C15H13N3O2S2. The minimum Gasteiger partial charge on any atom is -0.496 e. The van der Waals surface area contributed by atoms with Gasteiger partial charge in [0.1, 0.15) is 5.75 Å². The SMILES string of the molecule is COc1ccccc1/C=C1\S/C(=N/c2nccs2)N(C)C1=O. The molecule has 1 aliphatic heterocycles. The van der Waals surface area contributed by atoms with Crippen molar-refractivity contribution in [3.8, 4) is 5.75 Å². The number of benzene rings is 1. The van der Waals surface area contributed by atoms with Crippen molar-refractivity contribution in [1.82, 2.24) is 9.88 Å². The number of hydrogen-bond donors (Lipinski definition) is 0. The highest BCUT2D eigenvalue weighted by atomic mass is 32.2. The Morgan fingerprint density at radius 2 is 2.18 bits per heavy atom. The standard InChI is InChI=1S/C15H13N3O2S2/c1-18-13(19)12(9-10-5-3-4-6-11(10)20-2)22-15(18)17-14-16-7-8-21-14/h3-9H,1-2H3/b12-9-,17-15+. The molecule has 0 N–H and O–H groups in total. The summed E-state index contributed by atoms with van der Waals surface area (Å²) < 4.78 is 5.31. The fourth-order valence-electron chi connectivity index (χ4n) is 1.93. The van der Waals surface area contributed by atoms with Crippen LogP contribution in [0.25, 0.3) is 6.08 Å². The zero-order valence-electron chi connectivity index (χ0n) is 12.0. The Hall–Kier alpha value is -2.12. The van der Waals surface area contributed by atoms with Gasteiger partial charge in [-0.25, -0.2) is 4.98 Å². The maximum atomic E-state index is 12.3. The van der Waals surface area contributed by atoms with Crippen molar-refractivity contribution < 1.29 is 9.53 Å². The van der Waals surface area contributed by atoms with E-state index in [9.17, 15) is 4.79 Å². The number of para-hydroxylation sites is 1. The number of aliphatic imine (C=N–C) groups is 1. The number of hydrogen-bond acceptors (Lipinski definition) is 6. The quantitative estimate of drug-likeness (QED) is 0.809. The number of likely N-dealkylation sites (N-methyl/N-ethyl adjacent to an activating group) is 1. The summed E-state index contributed by atoms with van der Waals surface area (Å²) in [7, 11) is 3.33. The lowest BCUT2D eigenvalue weighted by Gasteiger charge is -2.06. The van der Waals surface area contributed by atoms with E-state index in [0.717, 1.165) is 11.3 Å². The molecule has 2 heterocycles. The first-order chi connectivity index (χ1) is 10.7. The third-order valence-corrected chi connectivity index (χ3v) is 4.77. The Labute approximate surface area is 136 Å². The highest BCUT2D eigenvalue weighted by molar-refractivity contribution is 8.18. The smallest absolute Gasteiger partial charge is 0.266 e. The molecule has 0 radical (unpaired) electrons. The van der Waals surface area contributed by atoms with Crippen LogP contribution in [-0.4, -0.2) is 35.1 Å². The average molecular weight is 331 g/mol. The first-order valence-electron chi connectivity index (χ1n) is 6.48. The van der Waals surface area contributed by atoms with Gasteiger partial charge in [-0.1, -0.05) is 18.2 Å². The first kappa shape index (κ1) is 14.8. The highest BCUT2D eigenvalue weighted by Gasteiger charge is 2.30. The number of aromatic nitrogens is 1. The summed E-state index contributed by atoms with van der Waals surface area (Å²) >= 11 is 2.77. The van der Waals surface area contributed by atoms with Gasteiger partial charge >= 0.3 is 0 Å². The summed E-state index contributed by atoms with van der Waals surface area (Å²) in [4.78, 5) is 23.0. The molecule has 7 heteroatoms. The third-order valence-electron chi connectivity index (χ3n) is 3.04. The monoisotopic (exact) mass is 331 g/mol. The van der Waals surface area contributed by atoms with Gasteiger partial charge in [0, 0.05) is 24.2 Å². The van der Waals surface area contributed by atoms with Crippen LogP contribution >= 0.6 is 23.1 Å². The van der Waals surface area contributed by atoms with Gasteiger partial charge in [0.05, 0.1) is 12.0 Å². The molecule has 22 heavy (non-hydrogen) atoms. The molecule has 1 amide bonds. The van der Waals surface area contributed by atoms with E-state index in [1.165, 1.54) is 28.0 Å². The lowest BCUT2D eigenvalue weighted by atomic mass is 10.2.